The van der Waals surface area contributed by atoms with E-state index in [9.17, 15) is 4.79 Å². The summed E-state index contributed by atoms with van der Waals surface area (Å²) in [6.07, 6.45) is 50.4. The monoisotopic (exact) mass is 575 g/mol. The number of hydrogen-bond donors (Lipinski definition) is 1. The Bertz CT molecular complexity index is 564. The van der Waals surface area contributed by atoms with Crippen LogP contribution in [0.2, 0.25) is 0 Å². The van der Waals surface area contributed by atoms with Crippen LogP contribution in [0.4, 0.5) is 0 Å². The van der Waals surface area contributed by atoms with Crippen molar-refractivity contribution in [1.82, 2.24) is 0 Å². The van der Waals surface area contributed by atoms with Crippen molar-refractivity contribution >= 4 is 5.97 Å². The molecule has 2 heteroatoms. The molecule has 0 saturated heterocycles. The molecule has 0 bridgehead atoms. The average molecular weight is 575 g/mol. The topological polar surface area (TPSA) is 37.3 Å². The summed E-state index contributed by atoms with van der Waals surface area (Å²) in [5.41, 5.74) is 0. The largest absolute Gasteiger partial charge is 0.481 e. The molecule has 0 rings (SSSR count). The summed E-state index contributed by atoms with van der Waals surface area (Å²) < 4.78 is 0. The summed E-state index contributed by atoms with van der Waals surface area (Å²) >= 11 is 0. The number of hydrogen-bond acceptors (Lipinski definition) is 1. The molecule has 2 nitrogen and oxygen atoms in total. The second-order valence-corrected chi connectivity index (χ2v) is 12.9. The average Bonchev–Trinajstić information content (AvgIpc) is 2.96. The second-order valence-electron chi connectivity index (χ2n) is 12.9. The first-order chi connectivity index (χ1) is 20.2. The predicted molar refractivity (Wildman–Crippen MR) is 184 cm³/mol. The van der Waals surface area contributed by atoms with E-state index in [0.29, 0.717) is 6.42 Å². The first-order valence-electron chi connectivity index (χ1n) is 18.7. The Hall–Kier alpha value is -1.05. The van der Waals surface area contributed by atoms with Gasteiger partial charge in [-0.1, -0.05) is 173 Å². The Morgan fingerprint density at radius 3 is 1.15 bits per heavy atom. The van der Waals surface area contributed by atoms with Gasteiger partial charge in [0.05, 0.1) is 0 Å². The van der Waals surface area contributed by atoms with Crippen molar-refractivity contribution in [2.24, 2.45) is 5.92 Å². The number of carboxylic acid groups (broad SMARTS) is 1. The summed E-state index contributed by atoms with van der Waals surface area (Å²) in [4.78, 5) is 10.5. The highest BCUT2D eigenvalue weighted by molar-refractivity contribution is 5.66. The Kier molecular flexibility index (Phi) is 34.2. The lowest BCUT2D eigenvalue weighted by atomic mass is 9.90. The first-order valence-corrected chi connectivity index (χ1v) is 18.7. The van der Waals surface area contributed by atoms with Crippen LogP contribution in [0.3, 0.4) is 0 Å². The van der Waals surface area contributed by atoms with Crippen LogP contribution >= 0.6 is 0 Å². The number of unbranched alkanes of at least 4 members (excludes halogenated alkanes) is 22. The maximum absolute atomic E-state index is 10.5. The van der Waals surface area contributed by atoms with Crippen molar-refractivity contribution in [3.8, 4) is 0 Å². The number of allylic oxidation sites excluding steroid dienone is 4. The van der Waals surface area contributed by atoms with Crippen LogP contribution in [0.25, 0.3) is 0 Å². The van der Waals surface area contributed by atoms with Crippen LogP contribution in [-0.4, -0.2) is 11.1 Å². The normalized spacial score (nSPS) is 12.6. The lowest BCUT2D eigenvalue weighted by Crippen LogP contribution is -2.00. The summed E-state index contributed by atoms with van der Waals surface area (Å²) in [6, 6.07) is 0. The third kappa shape index (κ3) is 35.1. The van der Waals surface area contributed by atoms with Crippen molar-refractivity contribution < 1.29 is 9.90 Å². The number of aliphatic carboxylic acids is 1. The van der Waals surface area contributed by atoms with Gasteiger partial charge in [-0.15, -0.1) is 0 Å². The minimum absolute atomic E-state index is 0.331. The minimum atomic E-state index is -0.659. The minimum Gasteiger partial charge on any atom is -0.481 e. The summed E-state index contributed by atoms with van der Waals surface area (Å²) in [5.74, 6) is 0.327. The molecule has 0 aromatic heterocycles. The van der Waals surface area contributed by atoms with Crippen LogP contribution in [0.1, 0.15) is 213 Å². The highest BCUT2D eigenvalue weighted by atomic mass is 16.4. The molecule has 0 aliphatic heterocycles. The van der Waals surface area contributed by atoms with E-state index in [1.165, 1.54) is 180 Å². The van der Waals surface area contributed by atoms with Crippen molar-refractivity contribution in [3.05, 3.63) is 24.3 Å². The van der Waals surface area contributed by atoms with E-state index in [4.69, 9.17) is 5.11 Å². The van der Waals surface area contributed by atoms with E-state index < -0.39 is 5.97 Å². The molecule has 1 unspecified atom stereocenters. The lowest BCUT2D eigenvalue weighted by molar-refractivity contribution is -0.137. The molecular formula is C39H74O2. The maximum Gasteiger partial charge on any atom is 0.303 e. The van der Waals surface area contributed by atoms with Gasteiger partial charge in [0, 0.05) is 6.42 Å². The Labute approximate surface area is 258 Å². The highest BCUT2D eigenvalue weighted by Crippen LogP contribution is 2.23. The van der Waals surface area contributed by atoms with Gasteiger partial charge < -0.3 is 5.11 Å². The van der Waals surface area contributed by atoms with E-state index in [0.717, 1.165) is 18.8 Å². The lowest BCUT2D eigenvalue weighted by Gasteiger charge is -2.16. The number of carboxylic acids is 1. The van der Waals surface area contributed by atoms with Gasteiger partial charge in [0.2, 0.25) is 0 Å². The van der Waals surface area contributed by atoms with E-state index in [1.54, 1.807) is 0 Å². The third-order valence-corrected chi connectivity index (χ3v) is 8.73. The SMILES string of the molecule is CCCCCCCCC=CCCCCCCCC(CCC)CCCCCCCCC=CCCCCCCCC(=O)O. The maximum atomic E-state index is 10.5. The summed E-state index contributed by atoms with van der Waals surface area (Å²) in [6.45, 7) is 4.66. The Morgan fingerprint density at radius 2 is 0.780 bits per heavy atom. The van der Waals surface area contributed by atoms with Gasteiger partial charge in [0.25, 0.3) is 0 Å². The Morgan fingerprint density at radius 1 is 0.439 bits per heavy atom. The first kappa shape index (κ1) is 40.0. The third-order valence-electron chi connectivity index (χ3n) is 8.73. The van der Waals surface area contributed by atoms with Crippen LogP contribution in [0.5, 0.6) is 0 Å². The predicted octanol–water partition coefficient (Wildman–Crippen LogP) is 13.9. The van der Waals surface area contributed by atoms with Crippen LogP contribution in [0.15, 0.2) is 24.3 Å². The summed E-state index contributed by atoms with van der Waals surface area (Å²) in [7, 11) is 0. The van der Waals surface area contributed by atoms with Crippen molar-refractivity contribution in [1.29, 1.82) is 0 Å². The van der Waals surface area contributed by atoms with Gasteiger partial charge in [0.1, 0.15) is 0 Å². The Balaban J connectivity index is 3.46. The number of carbonyl (C=O) groups is 1. The van der Waals surface area contributed by atoms with Crippen LogP contribution < -0.4 is 0 Å². The van der Waals surface area contributed by atoms with Gasteiger partial charge in [-0.05, 0) is 63.7 Å². The molecule has 0 heterocycles. The zero-order valence-corrected chi connectivity index (χ0v) is 28.2. The standard InChI is InChI=1S/C39H74O2/c1-3-5-6-7-8-9-10-11-13-16-19-22-25-28-31-35-38(34-4-2)36-32-29-26-23-20-17-14-12-15-18-21-24-27-30-33-37-39(40)41/h11-13,15,38H,3-10,14,16-37H2,1-2H3,(H,40,41). The van der Waals surface area contributed by atoms with Crippen molar-refractivity contribution in [2.75, 3.05) is 0 Å². The zero-order valence-electron chi connectivity index (χ0n) is 28.2. The van der Waals surface area contributed by atoms with Crippen molar-refractivity contribution in [2.45, 2.75) is 213 Å². The van der Waals surface area contributed by atoms with Gasteiger partial charge in [-0.25, -0.2) is 0 Å². The smallest absolute Gasteiger partial charge is 0.303 e. The highest BCUT2D eigenvalue weighted by Gasteiger charge is 2.07. The molecule has 0 fully saturated rings. The fourth-order valence-corrected chi connectivity index (χ4v) is 6.05. The molecule has 0 aliphatic rings. The van der Waals surface area contributed by atoms with E-state index >= 15 is 0 Å². The molecule has 0 aliphatic carbocycles. The number of rotatable bonds is 34. The second kappa shape index (κ2) is 35.1. The molecule has 0 radical (unpaired) electrons. The van der Waals surface area contributed by atoms with E-state index in [-0.39, 0.29) is 0 Å². The molecule has 41 heavy (non-hydrogen) atoms. The van der Waals surface area contributed by atoms with Crippen LogP contribution in [0, 0.1) is 5.92 Å². The summed E-state index contributed by atoms with van der Waals surface area (Å²) in [5, 5.41) is 8.65. The van der Waals surface area contributed by atoms with Gasteiger partial charge in [-0.2, -0.15) is 0 Å². The molecule has 1 atom stereocenters. The molecule has 0 spiro atoms. The van der Waals surface area contributed by atoms with Gasteiger partial charge >= 0.3 is 5.97 Å². The molecule has 0 amide bonds. The molecule has 242 valence electrons. The fraction of sp³-hybridized carbons (Fsp3) is 0.872. The molecule has 0 aromatic carbocycles. The van der Waals surface area contributed by atoms with Gasteiger partial charge in [0.15, 0.2) is 0 Å². The van der Waals surface area contributed by atoms with Crippen LogP contribution in [-0.2, 0) is 4.79 Å². The van der Waals surface area contributed by atoms with E-state index in [2.05, 4.69) is 38.2 Å². The molecular weight excluding hydrogens is 500 g/mol. The molecule has 0 aromatic rings. The molecule has 1 N–H and O–H groups in total. The fourth-order valence-electron chi connectivity index (χ4n) is 6.05. The van der Waals surface area contributed by atoms with E-state index in [1.807, 2.05) is 0 Å². The van der Waals surface area contributed by atoms with Crippen molar-refractivity contribution in [3.63, 3.8) is 0 Å². The quantitative estimate of drug-likeness (QED) is 0.0613. The molecule has 0 saturated carbocycles. The zero-order chi connectivity index (χ0) is 29.9. The van der Waals surface area contributed by atoms with Gasteiger partial charge in [-0.3, -0.25) is 4.79 Å².